The van der Waals surface area contributed by atoms with Crippen LogP contribution in [0, 0.1) is 0 Å². The maximum absolute atomic E-state index is 12.3. The van der Waals surface area contributed by atoms with Gasteiger partial charge in [0, 0.05) is 31.6 Å². The van der Waals surface area contributed by atoms with Crippen molar-refractivity contribution >= 4 is 11.8 Å². The summed E-state index contributed by atoms with van der Waals surface area (Å²) in [7, 11) is 0. The first-order valence-electron chi connectivity index (χ1n) is 7.53. The first kappa shape index (κ1) is 14.1. The molecule has 1 heterocycles. The van der Waals surface area contributed by atoms with E-state index in [0.717, 1.165) is 18.4 Å². The van der Waals surface area contributed by atoms with Gasteiger partial charge in [-0.05, 0) is 18.4 Å². The van der Waals surface area contributed by atoms with Crippen LogP contribution < -0.4 is 5.73 Å². The van der Waals surface area contributed by atoms with Crippen molar-refractivity contribution in [1.29, 1.82) is 0 Å². The second-order valence-corrected chi connectivity index (χ2v) is 5.85. The number of piperazine rings is 1. The van der Waals surface area contributed by atoms with E-state index in [0.29, 0.717) is 19.1 Å². The maximum atomic E-state index is 12.3. The van der Waals surface area contributed by atoms with Gasteiger partial charge in [-0.25, -0.2) is 0 Å². The number of carbonyl (C=O) groups excluding carboxylic acids is 2. The van der Waals surface area contributed by atoms with Gasteiger partial charge in [-0.3, -0.25) is 9.59 Å². The van der Waals surface area contributed by atoms with Crippen molar-refractivity contribution in [3.05, 3.63) is 35.9 Å². The summed E-state index contributed by atoms with van der Waals surface area (Å²) in [6.45, 7) is 1.50. The van der Waals surface area contributed by atoms with Gasteiger partial charge in [0.2, 0.25) is 11.8 Å². The maximum Gasteiger partial charge on any atom is 0.242 e. The number of amides is 2. The van der Waals surface area contributed by atoms with Gasteiger partial charge in [0.05, 0.1) is 6.54 Å². The Morgan fingerprint density at radius 2 is 1.95 bits per heavy atom. The number of hydrogen-bond acceptors (Lipinski definition) is 3. The molecule has 2 fully saturated rings. The zero-order valence-electron chi connectivity index (χ0n) is 12.1. The molecular formula is C16H21N3O2. The molecule has 1 atom stereocenters. The fraction of sp³-hybridized carbons (Fsp3) is 0.500. The van der Waals surface area contributed by atoms with Crippen molar-refractivity contribution in [2.45, 2.75) is 31.3 Å². The molecule has 21 heavy (non-hydrogen) atoms. The number of nitrogens with zero attached hydrogens (tertiary/aromatic N) is 2. The fourth-order valence-corrected chi connectivity index (χ4v) is 2.81. The molecule has 1 saturated heterocycles. The van der Waals surface area contributed by atoms with Crippen molar-refractivity contribution in [2.75, 3.05) is 19.6 Å². The third kappa shape index (κ3) is 3.24. The Hall–Kier alpha value is -1.88. The highest BCUT2D eigenvalue weighted by molar-refractivity contribution is 5.86. The van der Waals surface area contributed by atoms with Gasteiger partial charge in [-0.15, -0.1) is 0 Å². The molecule has 1 saturated carbocycles. The summed E-state index contributed by atoms with van der Waals surface area (Å²) in [5.41, 5.74) is 7.03. The quantitative estimate of drug-likeness (QED) is 0.895. The van der Waals surface area contributed by atoms with Crippen molar-refractivity contribution in [3.63, 3.8) is 0 Å². The largest absolute Gasteiger partial charge is 0.336 e. The SMILES string of the molecule is N[C@H](CC(=O)N1CCN(C2CC2)C(=O)C1)c1ccccc1. The van der Waals surface area contributed by atoms with Crippen LogP contribution >= 0.6 is 0 Å². The average molecular weight is 287 g/mol. The first-order valence-corrected chi connectivity index (χ1v) is 7.53. The van der Waals surface area contributed by atoms with E-state index in [2.05, 4.69) is 0 Å². The van der Waals surface area contributed by atoms with E-state index >= 15 is 0 Å². The number of rotatable bonds is 4. The fourth-order valence-electron chi connectivity index (χ4n) is 2.81. The molecule has 1 aromatic rings. The van der Waals surface area contributed by atoms with Crippen LogP contribution in [0.4, 0.5) is 0 Å². The van der Waals surface area contributed by atoms with E-state index in [1.807, 2.05) is 35.2 Å². The predicted molar refractivity (Wildman–Crippen MR) is 79.3 cm³/mol. The number of nitrogens with two attached hydrogens (primary N) is 1. The van der Waals surface area contributed by atoms with Crippen LogP contribution in [0.15, 0.2) is 30.3 Å². The third-order valence-corrected chi connectivity index (χ3v) is 4.22. The van der Waals surface area contributed by atoms with Crippen molar-refractivity contribution < 1.29 is 9.59 Å². The molecule has 5 heteroatoms. The molecule has 112 valence electrons. The number of hydrogen-bond donors (Lipinski definition) is 1. The summed E-state index contributed by atoms with van der Waals surface area (Å²) in [5.74, 6) is 0.0422. The van der Waals surface area contributed by atoms with E-state index in [9.17, 15) is 9.59 Å². The van der Waals surface area contributed by atoms with Crippen molar-refractivity contribution in [2.24, 2.45) is 5.73 Å². The van der Waals surface area contributed by atoms with Gasteiger partial charge in [0.15, 0.2) is 0 Å². The number of benzene rings is 1. The van der Waals surface area contributed by atoms with Crippen LogP contribution in [0.2, 0.25) is 0 Å². The Bertz CT molecular complexity index is 528. The zero-order chi connectivity index (χ0) is 14.8. The van der Waals surface area contributed by atoms with Gasteiger partial charge < -0.3 is 15.5 Å². The Kier molecular flexibility index (Phi) is 3.92. The van der Waals surface area contributed by atoms with Crippen LogP contribution in [0.5, 0.6) is 0 Å². The highest BCUT2D eigenvalue weighted by Gasteiger charge is 2.36. The van der Waals surface area contributed by atoms with Crippen LogP contribution in [0.1, 0.15) is 30.9 Å². The molecule has 0 spiro atoms. The molecule has 2 aliphatic rings. The molecule has 1 aliphatic heterocycles. The lowest BCUT2D eigenvalue weighted by atomic mass is 10.0. The Morgan fingerprint density at radius 1 is 1.24 bits per heavy atom. The molecule has 1 aliphatic carbocycles. The van der Waals surface area contributed by atoms with Gasteiger partial charge in [0.1, 0.15) is 0 Å². The highest BCUT2D eigenvalue weighted by atomic mass is 16.2. The second-order valence-electron chi connectivity index (χ2n) is 5.85. The van der Waals surface area contributed by atoms with Gasteiger partial charge in [-0.1, -0.05) is 30.3 Å². The first-order chi connectivity index (χ1) is 10.1. The van der Waals surface area contributed by atoms with Crippen LogP contribution in [-0.2, 0) is 9.59 Å². The summed E-state index contributed by atoms with van der Waals surface area (Å²) in [6.07, 6.45) is 2.47. The summed E-state index contributed by atoms with van der Waals surface area (Å²) in [5, 5.41) is 0. The molecule has 2 amide bonds. The van der Waals surface area contributed by atoms with E-state index in [1.54, 1.807) is 4.90 Å². The molecule has 2 N–H and O–H groups in total. The average Bonchev–Trinajstić information content (AvgIpc) is 3.32. The van der Waals surface area contributed by atoms with Crippen LogP contribution in [0.25, 0.3) is 0 Å². The van der Waals surface area contributed by atoms with Crippen LogP contribution in [0.3, 0.4) is 0 Å². The second kappa shape index (κ2) is 5.85. The van der Waals surface area contributed by atoms with Crippen molar-refractivity contribution in [3.8, 4) is 0 Å². The minimum absolute atomic E-state index is 0.0323. The molecular weight excluding hydrogens is 266 g/mol. The normalized spacial score (nSPS) is 20.5. The molecule has 0 aromatic heterocycles. The lowest BCUT2D eigenvalue weighted by Crippen LogP contribution is -2.53. The van der Waals surface area contributed by atoms with Gasteiger partial charge in [0.25, 0.3) is 0 Å². The number of carbonyl (C=O) groups is 2. The molecule has 5 nitrogen and oxygen atoms in total. The lowest BCUT2D eigenvalue weighted by molar-refractivity contribution is -0.145. The van der Waals surface area contributed by atoms with Crippen molar-refractivity contribution in [1.82, 2.24) is 9.80 Å². The molecule has 0 radical (unpaired) electrons. The Morgan fingerprint density at radius 3 is 2.57 bits per heavy atom. The van der Waals surface area contributed by atoms with Crippen LogP contribution in [-0.4, -0.2) is 47.3 Å². The highest BCUT2D eigenvalue weighted by Crippen LogP contribution is 2.28. The smallest absolute Gasteiger partial charge is 0.242 e. The standard InChI is InChI=1S/C16H21N3O2/c17-14(12-4-2-1-3-5-12)10-15(20)18-8-9-19(13-6-7-13)16(21)11-18/h1-5,13-14H,6-11,17H2/t14-/m1/s1. The summed E-state index contributed by atoms with van der Waals surface area (Å²) in [6, 6.07) is 9.72. The van der Waals surface area contributed by atoms with E-state index < -0.39 is 0 Å². The summed E-state index contributed by atoms with van der Waals surface area (Å²) < 4.78 is 0. The summed E-state index contributed by atoms with van der Waals surface area (Å²) in [4.78, 5) is 27.9. The molecule has 0 unspecified atom stereocenters. The van der Waals surface area contributed by atoms with E-state index in [-0.39, 0.29) is 30.8 Å². The van der Waals surface area contributed by atoms with E-state index in [4.69, 9.17) is 5.73 Å². The zero-order valence-corrected chi connectivity index (χ0v) is 12.1. The minimum Gasteiger partial charge on any atom is -0.336 e. The molecule has 3 rings (SSSR count). The minimum atomic E-state index is -0.310. The van der Waals surface area contributed by atoms with Gasteiger partial charge >= 0.3 is 0 Å². The topological polar surface area (TPSA) is 66.6 Å². The summed E-state index contributed by atoms with van der Waals surface area (Å²) >= 11 is 0. The third-order valence-electron chi connectivity index (χ3n) is 4.22. The Labute approximate surface area is 124 Å². The molecule has 1 aromatic carbocycles. The van der Waals surface area contributed by atoms with Gasteiger partial charge in [-0.2, -0.15) is 0 Å². The van der Waals surface area contributed by atoms with E-state index in [1.165, 1.54) is 0 Å². The monoisotopic (exact) mass is 287 g/mol. The Balaban J connectivity index is 1.55. The predicted octanol–water partition coefficient (Wildman–Crippen LogP) is 0.910. The molecule has 0 bridgehead atoms. The lowest BCUT2D eigenvalue weighted by Gasteiger charge is -2.35.